The first-order valence-corrected chi connectivity index (χ1v) is 11.2. The molecule has 1 saturated heterocycles. The zero-order valence-corrected chi connectivity index (χ0v) is 17.7. The number of amides is 3. The van der Waals surface area contributed by atoms with Gasteiger partial charge in [-0.2, -0.15) is 4.31 Å². The SMILES string of the molecule is C[C@@H]1CN(S(=O)(=O)c2ccc(C(=O)Nc3ccc4c(c3)C(=O)NC4=O)cc2)C[C@@H](C)O1. The second kappa shape index (κ2) is 7.88. The summed E-state index contributed by atoms with van der Waals surface area (Å²) in [5.74, 6) is -1.46. The molecule has 4 rings (SSSR count). The van der Waals surface area contributed by atoms with Crippen molar-refractivity contribution in [3.63, 3.8) is 0 Å². The number of ether oxygens (including phenoxy) is 1. The minimum absolute atomic E-state index is 0.0954. The lowest BCUT2D eigenvalue weighted by Crippen LogP contribution is -2.48. The highest BCUT2D eigenvalue weighted by Gasteiger charge is 2.32. The van der Waals surface area contributed by atoms with Crippen LogP contribution in [0.4, 0.5) is 5.69 Å². The van der Waals surface area contributed by atoms with E-state index in [0.717, 1.165) is 0 Å². The number of morpholine rings is 1. The fourth-order valence-corrected chi connectivity index (χ4v) is 5.29. The zero-order chi connectivity index (χ0) is 22.3. The van der Waals surface area contributed by atoms with Crippen molar-refractivity contribution in [2.45, 2.75) is 31.0 Å². The maximum Gasteiger partial charge on any atom is 0.259 e. The van der Waals surface area contributed by atoms with Crippen LogP contribution in [0, 0.1) is 0 Å². The van der Waals surface area contributed by atoms with Crippen molar-refractivity contribution in [2.75, 3.05) is 18.4 Å². The Hall–Kier alpha value is -3.08. The summed E-state index contributed by atoms with van der Waals surface area (Å²) in [4.78, 5) is 36.0. The number of nitrogens with zero attached hydrogens (tertiary/aromatic N) is 1. The van der Waals surface area contributed by atoms with Crippen molar-refractivity contribution in [2.24, 2.45) is 0 Å². The van der Waals surface area contributed by atoms with Crippen molar-refractivity contribution < 1.29 is 27.5 Å². The molecule has 2 N–H and O–H groups in total. The lowest BCUT2D eigenvalue weighted by molar-refractivity contribution is -0.0440. The van der Waals surface area contributed by atoms with Gasteiger partial charge in [0, 0.05) is 24.3 Å². The first-order valence-electron chi connectivity index (χ1n) is 9.72. The first kappa shape index (κ1) is 21.2. The molecule has 31 heavy (non-hydrogen) atoms. The summed E-state index contributed by atoms with van der Waals surface area (Å²) in [6, 6.07) is 10.1. The molecule has 0 aliphatic carbocycles. The number of carbonyl (C=O) groups is 3. The van der Waals surface area contributed by atoms with E-state index in [9.17, 15) is 22.8 Å². The Morgan fingerprint density at radius 1 is 1.00 bits per heavy atom. The number of hydrogen-bond donors (Lipinski definition) is 2. The van der Waals surface area contributed by atoms with Crippen LogP contribution in [0.2, 0.25) is 0 Å². The second-order valence-electron chi connectivity index (χ2n) is 7.60. The average Bonchev–Trinajstić information content (AvgIpc) is 3.00. The van der Waals surface area contributed by atoms with Gasteiger partial charge in [-0.3, -0.25) is 19.7 Å². The molecular weight excluding hydrogens is 422 g/mol. The molecule has 0 saturated carbocycles. The maximum absolute atomic E-state index is 12.9. The van der Waals surface area contributed by atoms with Crippen LogP contribution in [0.1, 0.15) is 44.9 Å². The molecule has 2 aromatic rings. The minimum atomic E-state index is -3.70. The van der Waals surface area contributed by atoms with Gasteiger partial charge in [-0.15, -0.1) is 0 Å². The quantitative estimate of drug-likeness (QED) is 0.693. The fourth-order valence-electron chi connectivity index (χ4n) is 3.70. The smallest absolute Gasteiger partial charge is 0.259 e. The summed E-state index contributed by atoms with van der Waals surface area (Å²) in [6.45, 7) is 4.18. The molecule has 162 valence electrons. The standard InChI is InChI=1S/C21H21N3O6S/c1-12-10-24(11-13(2)30-12)31(28,29)16-6-3-14(4-7-16)19(25)22-15-5-8-17-18(9-15)21(27)23-20(17)26/h3-9,12-13H,10-11H2,1-2H3,(H,22,25)(H,23,26,27)/t12-,13-/m1/s1. The van der Waals surface area contributed by atoms with Crippen molar-refractivity contribution in [3.05, 3.63) is 59.2 Å². The molecule has 0 bridgehead atoms. The topological polar surface area (TPSA) is 122 Å². The number of fused-ring (bicyclic) bond motifs is 1. The molecule has 9 nitrogen and oxygen atoms in total. The van der Waals surface area contributed by atoms with Crippen molar-refractivity contribution >= 4 is 33.4 Å². The molecule has 0 radical (unpaired) electrons. The average molecular weight is 443 g/mol. The Morgan fingerprint density at radius 2 is 1.61 bits per heavy atom. The van der Waals surface area contributed by atoms with Crippen LogP contribution in [-0.4, -0.2) is 55.7 Å². The molecule has 2 atom stereocenters. The Morgan fingerprint density at radius 3 is 2.26 bits per heavy atom. The van der Waals surface area contributed by atoms with Gasteiger partial charge in [0.1, 0.15) is 0 Å². The summed E-state index contributed by atoms with van der Waals surface area (Å²) in [7, 11) is -3.70. The summed E-state index contributed by atoms with van der Waals surface area (Å²) in [6.07, 6.45) is -0.401. The third-order valence-electron chi connectivity index (χ3n) is 5.13. The molecule has 3 amide bonds. The highest BCUT2D eigenvalue weighted by molar-refractivity contribution is 7.89. The number of hydrogen-bond acceptors (Lipinski definition) is 6. The first-order chi connectivity index (χ1) is 14.6. The number of anilines is 1. The van der Waals surface area contributed by atoms with Crippen LogP contribution in [0.15, 0.2) is 47.4 Å². The van der Waals surface area contributed by atoms with Gasteiger partial charge in [-0.05, 0) is 56.3 Å². The number of sulfonamides is 1. The van der Waals surface area contributed by atoms with Crippen LogP contribution < -0.4 is 10.6 Å². The summed E-state index contributed by atoms with van der Waals surface area (Å²) < 4.78 is 32.8. The molecule has 2 aromatic carbocycles. The number of nitrogens with one attached hydrogen (secondary N) is 2. The lowest BCUT2D eigenvalue weighted by atomic mass is 10.1. The summed E-state index contributed by atoms with van der Waals surface area (Å²) in [5.41, 5.74) is 1.05. The van der Waals surface area contributed by atoms with E-state index in [-0.39, 0.29) is 46.9 Å². The van der Waals surface area contributed by atoms with Crippen molar-refractivity contribution in [3.8, 4) is 0 Å². The van der Waals surface area contributed by atoms with Gasteiger partial charge in [0.05, 0.1) is 28.2 Å². The van der Waals surface area contributed by atoms with E-state index in [1.807, 2.05) is 13.8 Å². The van der Waals surface area contributed by atoms with E-state index < -0.39 is 27.7 Å². The van der Waals surface area contributed by atoms with E-state index in [2.05, 4.69) is 10.6 Å². The number of imide groups is 1. The molecule has 1 fully saturated rings. The van der Waals surface area contributed by atoms with Crippen LogP contribution >= 0.6 is 0 Å². The van der Waals surface area contributed by atoms with Gasteiger partial charge in [0.25, 0.3) is 17.7 Å². The minimum Gasteiger partial charge on any atom is -0.373 e. The van der Waals surface area contributed by atoms with Gasteiger partial charge < -0.3 is 10.1 Å². The summed E-state index contributed by atoms with van der Waals surface area (Å²) >= 11 is 0. The molecule has 10 heteroatoms. The highest BCUT2D eigenvalue weighted by atomic mass is 32.2. The number of carbonyl (C=O) groups excluding carboxylic acids is 3. The predicted molar refractivity (Wildman–Crippen MR) is 111 cm³/mol. The van der Waals surface area contributed by atoms with E-state index in [4.69, 9.17) is 4.74 Å². The Labute approximate surface area is 179 Å². The number of rotatable bonds is 4. The lowest BCUT2D eigenvalue weighted by Gasteiger charge is -2.34. The molecular formula is C21H21N3O6S. The zero-order valence-electron chi connectivity index (χ0n) is 16.9. The van der Waals surface area contributed by atoms with E-state index in [1.54, 1.807) is 0 Å². The van der Waals surface area contributed by atoms with E-state index in [1.165, 1.54) is 46.8 Å². The molecule has 0 unspecified atom stereocenters. The second-order valence-corrected chi connectivity index (χ2v) is 9.54. The van der Waals surface area contributed by atoms with E-state index >= 15 is 0 Å². The van der Waals surface area contributed by atoms with Gasteiger partial charge >= 0.3 is 0 Å². The van der Waals surface area contributed by atoms with Gasteiger partial charge in [0.2, 0.25) is 10.0 Å². The summed E-state index contributed by atoms with van der Waals surface area (Å²) in [5, 5.41) is 4.84. The van der Waals surface area contributed by atoms with Gasteiger partial charge in [-0.25, -0.2) is 8.42 Å². The number of benzene rings is 2. The van der Waals surface area contributed by atoms with Crippen LogP contribution in [-0.2, 0) is 14.8 Å². The largest absolute Gasteiger partial charge is 0.373 e. The Balaban J connectivity index is 1.49. The van der Waals surface area contributed by atoms with Crippen molar-refractivity contribution in [1.29, 1.82) is 0 Å². The van der Waals surface area contributed by atoms with Crippen LogP contribution in [0.25, 0.3) is 0 Å². The monoisotopic (exact) mass is 443 g/mol. The normalized spacial score (nSPS) is 21.5. The Kier molecular flexibility index (Phi) is 5.38. The molecule has 2 aliphatic heterocycles. The van der Waals surface area contributed by atoms with Crippen molar-refractivity contribution in [1.82, 2.24) is 9.62 Å². The molecule has 0 spiro atoms. The molecule has 2 heterocycles. The Bertz CT molecular complexity index is 1170. The molecule has 2 aliphatic rings. The van der Waals surface area contributed by atoms with Gasteiger partial charge in [0.15, 0.2) is 0 Å². The predicted octanol–water partition coefficient (Wildman–Crippen LogP) is 1.62. The van der Waals surface area contributed by atoms with Gasteiger partial charge in [-0.1, -0.05) is 0 Å². The van der Waals surface area contributed by atoms with Crippen LogP contribution in [0.3, 0.4) is 0 Å². The molecule has 0 aromatic heterocycles. The fraction of sp³-hybridized carbons (Fsp3) is 0.286. The third kappa shape index (κ3) is 4.09. The maximum atomic E-state index is 12.9. The third-order valence-corrected chi connectivity index (χ3v) is 6.98. The highest BCUT2D eigenvalue weighted by Crippen LogP contribution is 2.23. The van der Waals surface area contributed by atoms with Crippen LogP contribution in [0.5, 0.6) is 0 Å². The van der Waals surface area contributed by atoms with E-state index in [0.29, 0.717) is 5.69 Å².